The van der Waals surface area contributed by atoms with Gasteiger partial charge in [-0.3, -0.25) is 0 Å². The third-order valence-corrected chi connectivity index (χ3v) is 12.4. The predicted molar refractivity (Wildman–Crippen MR) is 249 cm³/mol. The molecule has 1 aromatic heterocycles. The number of rotatable bonds is 4. The first-order valence-corrected chi connectivity index (χ1v) is 20.7. The molecular formula is C56H51NO. The molecule has 0 atom stereocenters. The molecule has 1 aliphatic carbocycles. The van der Waals surface area contributed by atoms with Gasteiger partial charge in [0.2, 0.25) is 0 Å². The Morgan fingerprint density at radius 3 is 1.59 bits per heavy atom. The Labute approximate surface area is 342 Å². The molecule has 0 saturated heterocycles. The van der Waals surface area contributed by atoms with Gasteiger partial charge in [-0.15, -0.1) is 0 Å². The summed E-state index contributed by atoms with van der Waals surface area (Å²) < 4.78 is 7.05. The zero-order chi connectivity index (χ0) is 40.3. The third-order valence-electron chi connectivity index (χ3n) is 12.4. The molecule has 0 fully saturated rings. The van der Waals surface area contributed by atoms with E-state index in [1.54, 1.807) is 0 Å². The normalized spacial score (nSPS) is 12.9. The molecule has 1 aliphatic rings. The standard InChI is InChI=1S/C56H51NO/c1-54(2,3)40-23-20-34(21-24-40)35-18-19-36-28-45-46-29-37-22-25-43(27-39(37)31-48(46)47(45)30-38(36)26-35)57(42-14-11-10-12-15-42)51-17-13-16-44-49-32-41(55(4,5)6)33-50(56(7,8)9)52(49)58-53(44)51/h10-33H,1-9H3. The minimum Gasteiger partial charge on any atom is -0.454 e. The molecule has 2 nitrogen and oxygen atoms in total. The Kier molecular flexibility index (Phi) is 7.93. The second-order valence-corrected chi connectivity index (χ2v) is 19.5. The summed E-state index contributed by atoms with van der Waals surface area (Å²) in [6.45, 7) is 20.5. The molecule has 0 N–H and O–H groups in total. The molecular weight excluding hydrogens is 703 g/mol. The van der Waals surface area contributed by atoms with Crippen LogP contribution in [0.4, 0.5) is 17.1 Å². The van der Waals surface area contributed by atoms with E-state index in [0.717, 1.165) is 33.6 Å². The molecule has 10 rings (SSSR count). The van der Waals surface area contributed by atoms with Crippen LogP contribution in [0.25, 0.3) is 76.9 Å². The van der Waals surface area contributed by atoms with Crippen LogP contribution in [-0.2, 0) is 16.2 Å². The van der Waals surface area contributed by atoms with E-state index in [4.69, 9.17) is 4.42 Å². The van der Waals surface area contributed by atoms with Gasteiger partial charge in [-0.2, -0.15) is 0 Å². The van der Waals surface area contributed by atoms with Gasteiger partial charge in [0.15, 0.2) is 5.58 Å². The minimum absolute atomic E-state index is 0.00727. The van der Waals surface area contributed by atoms with Crippen LogP contribution in [0.1, 0.15) is 79.0 Å². The van der Waals surface area contributed by atoms with Gasteiger partial charge in [-0.1, -0.05) is 141 Å². The van der Waals surface area contributed by atoms with Crippen molar-refractivity contribution in [3.05, 3.63) is 162 Å². The van der Waals surface area contributed by atoms with Crippen LogP contribution < -0.4 is 4.90 Å². The molecule has 8 aromatic carbocycles. The monoisotopic (exact) mass is 753 g/mol. The fourth-order valence-electron chi connectivity index (χ4n) is 8.95. The summed E-state index contributed by atoms with van der Waals surface area (Å²) in [6, 6.07) is 54.4. The van der Waals surface area contributed by atoms with Crippen molar-refractivity contribution >= 4 is 60.5 Å². The maximum Gasteiger partial charge on any atom is 0.159 e. The van der Waals surface area contributed by atoms with E-state index in [1.807, 2.05) is 0 Å². The lowest BCUT2D eigenvalue weighted by molar-refractivity contribution is 0.559. The number of hydrogen-bond donors (Lipinski definition) is 0. The van der Waals surface area contributed by atoms with E-state index in [1.165, 1.54) is 77.0 Å². The smallest absolute Gasteiger partial charge is 0.159 e. The van der Waals surface area contributed by atoms with Gasteiger partial charge in [-0.25, -0.2) is 0 Å². The Bertz CT molecular complexity index is 3090. The SMILES string of the molecule is CC(C)(C)c1ccc(-c2ccc3cc4c(cc3c2)-c2cc3cc(N(c5ccccc5)c5cccc6c5oc5c(C(C)(C)C)cc(C(C)(C)C)cc56)ccc3cc2-4)cc1. The van der Waals surface area contributed by atoms with Gasteiger partial charge in [0, 0.05) is 27.7 Å². The van der Waals surface area contributed by atoms with Crippen LogP contribution in [0.5, 0.6) is 0 Å². The van der Waals surface area contributed by atoms with Gasteiger partial charge in [0.25, 0.3) is 0 Å². The molecule has 286 valence electrons. The lowest BCUT2D eigenvalue weighted by Crippen LogP contribution is -2.16. The average Bonchev–Trinajstić information content (AvgIpc) is 3.58. The number of para-hydroxylation sites is 2. The molecule has 0 saturated carbocycles. The largest absolute Gasteiger partial charge is 0.454 e. The summed E-state index contributed by atoms with van der Waals surface area (Å²) in [5.74, 6) is 0. The van der Waals surface area contributed by atoms with Gasteiger partial charge < -0.3 is 9.32 Å². The highest BCUT2D eigenvalue weighted by atomic mass is 16.3. The quantitative estimate of drug-likeness (QED) is 0.178. The fourth-order valence-corrected chi connectivity index (χ4v) is 8.95. The topological polar surface area (TPSA) is 16.4 Å². The van der Waals surface area contributed by atoms with Crippen molar-refractivity contribution in [2.75, 3.05) is 4.90 Å². The second kappa shape index (κ2) is 12.7. The second-order valence-electron chi connectivity index (χ2n) is 19.5. The summed E-state index contributed by atoms with van der Waals surface area (Å²) in [7, 11) is 0. The molecule has 0 spiro atoms. The van der Waals surface area contributed by atoms with E-state index in [2.05, 4.69) is 213 Å². The summed E-state index contributed by atoms with van der Waals surface area (Å²) >= 11 is 0. The maximum atomic E-state index is 7.05. The molecule has 1 heterocycles. The molecule has 2 heteroatoms. The van der Waals surface area contributed by atoms with Crippen molar-refractivity contribution < 1.29 is 4.42 Å². The van der Waals surface area contributed by atoms with Crippen LogP contribution in [-0.4, -0.2) is 0 Å². The first-order chi connectivity index (χ1) is 27.6. The van der Waals surface area contributed by atoms with E-state index in [9.17, 15) is 0 Å². The zero-order valence-corrected chi connectivity index (χ0v) is 35.2. The zero-order valence-electron chi connectivity index (χ0n) is 35.2. The molecule has 58 heavy (non-hydrogen) atoms. The van der Waals surface area contributed by atoms with Crippen LogP contribution in [0.3, 0.4) is 0 Å². The molecule has 0 bridgehead atoms. The minimum atomic E-state index is -0.0852. The van der Waals surface area contributed by atoms with Crippen molar-refractivity contribution in [2.45, 2.75) is 78.6 Å². The Morgan fingerprint density at radius 1 is 0.379 bits per heavy atom. The highest BCUT2D eigenvalue weighted by Gasteiger charge is 2.28. The summed E-state index contributed by atoms with van der Waals surface area (Å²) in [6.07, 6.45) is 0. The number of fused-ring (bicyclic) bond motifs is 9. The maximum absolute atomic E-state index is 7.05. The van der Waals surface area contributed by atoms with Crippen molar-refractivity contribution in [2.24, 2.45) is 0 Å². The van der Waals surface area contributed by atoms with Gasteiger partial charge in [0.1, 0.15) is 5.58 Å². The van der Waals surface area contributed by atoms with Crippen molar-refractivity contribution in [1.29, 1.82) is 0 Å². The van der Waals surface area contributed by atoms with Crippen LogP contribution >= 0.6 is 0 Å². The van der Waals surface area contributed by atoms with E-state index < -0.39 is 0 Å². The van der Waals surface area contributed by atoms with E-state index in [0.29, 0.717) is 0 Å². The number of benzene rings is 8. The van der Waals surface area contributed by atoms with Crippen LogP contribution in [0.15, 0.2) is 150 Å². The number of furan rings is 1. The lowest BCUT2D eigenvalue weighted by atomic mass is 9.77. The molecule has 9 aromatic rings. The van der Waals surface area contributed by atoms with Gasteiger partial charge in [0.05, 0.1) is 5.69 Å². The average molecular weight is 754 g/mol. The van der Waals surface area contributed by atoms with Gasteiger partial charge in [-0.05, 0) is 149 Å². The van der Waals surface area contributed by atoms with Crippen molar-refractivity contribution in [1.82, 2.24) is 0 Å². The number of hydrogen-bond acceptors (Lipinski definition) is 2. The highest BCUT2D eigenvalue weighted by molar-refractivity contribution is 6.14. The van der Waals surface area contributed by atoms with E-state index >= 15 is 0 Å². The fraction of sp³-hybridized carbons (Fsp3) is 0.214. The predicted octanol–water partition coefficient (Wildman–Crippen LogP) is 16.6. The Balaban J connectivity index is 1.09. The van der Waals surface area contributed by atoms with E-state index in [-0.39, 0.29) is 16.2 Å². The lowest BCUT2D eigenvalue weighted by Gasteiger charge is -2.28. The Morgan fingerprint density at radius 2 is 0.966 bits per heavy atom. The first-order valence-electron chi connectivity index (χ1n) is 20.7. The van der Waals surface area contributed by atoms with Crippen LogP contribution in [0, 0.1) is 0 Å². The summed E-state index contributed by atoms with van der Waals surface area (Å²) in [5, 5.41) is 7.32. The summed E-state index contributed by atoms with van der Waals surface area (Å²) in [4.78, 5) is 2.36. The molecule has 0 aliphatic heterocycles. The Hall–Kier alpha value is -6.12. The van der Waals surface area contributed by atoms with Gasteiger partial charge >= 0.3 is 0 Å². The van der Waals surface area contributed by atoms with Crippen molar-refractivity contribution in [3.8, 4) is 33.4 Å². The highest BCUT2D eigenvalue weighted by Crippen LogP contribution is 2.52. The first kappa shape index (κ1) is 36.2. The number of anilines is 3. The number of nitrogens with zero attached hydrogens (tertiary/aromatic N) is 1. The van der Waals surface area contributed by atoms with Crippen molar-refractivity contribution in [3.63, 3.8) is 0 Å². The molecule has 0 amide bonds. The van der Waals surface area contributed by atoms with Crippen LogP contribution in [0.2, 0.25) is 0 Å². The third kappa shape index (κ3) is 5.92. The summed E-state index contributed by atoms with van der Waals surface area (Å²) in [5.41, 5.74) is 16.9. The molecule has 0 unspecified atom stereocenters. The molecule has 0 radical (unpaired) electrons.